The molecule has 0 aliphatic heterocycles. The smallest absolute Gasteiger partial charge is 0.277 e. The Balaban J connectivity index is 1.57. The lowest BCUT2D eigenvalue weighted by Crippen LogP contribution is -2.22. The maximum Gasteiger partial charge on any atom is 0.277 e. The summed E-state index contributed by atoms with van der Waals surface area (Å²) in [5.41, 5.74) is 2.13. The Morgan fingerprint density at radius 3 is 2.62 bits per heavy atom. The van der Waals surface area contributed by atoms with E-state index in [1.807, 2.05) is 24.3 Å². The molecule has 0 aliphatic carbocycles. The maximum absolute atomic E-state index is 12.4. The second-order valence-corrected chi connectivity index (χ2v) is 7.66. The highest BCUT2D eigenvalue weighted by Crippen LogP contribution is 2.24. The zero-order valence-corrected chi connectivity index (χ0v) is 17.2. The topological polar surface area (TPSA) is 94.3 Å². The summed E-state index contributed by atoms with van der Waals surface area (Å²) in [6.07, 6.45) is 0.496. The zero-order chi connectivity index (χ0) is 20.8. The lowest BCUT2D eigenvalue weighted by molar-refractivity contribution is -0.115. The number of amides is 1. The van der Waals surface area contributed by atoms with Crippen molar-refractivity contribution in [3.63, 3.8) is 0 Å². The number of carbonyl (C=O) groups excluding carboxylic acids is 2. The van der Waals surface area contributed by atoms with Crippen LogP contribution in [0.5, 0.6) is 5.75 Å². The van der Waals surface area contributed by atoms with Crippen LogP contribution < -0.4 is 10.1 Å². The number of nitrogens with zero attached hydrogens (tertiary/aromatic N) is 2. The summed E-state index contributed by atoms with van der Waals surface area (Å²) >= 11 is 1.18. The van der Waals surface area contributed by atoms with Gasteiger partial charge in [-0.25, -0.2) is 0 Å². The average Bonchev–Trinajstić information content (AvgIpc) is 3.15. The molecule has 1 atom stereocenters. The van der Waals surface area contributed by atoms with Crippen molar-refractivity contribution < 1.29 is 18.7 Å². The molecular formula is C21H21N3O4S. The predicted octanol–water partition coefficient (Wildman–Crippen LogP) is 3.99. The number of aromatic nitrogens is 2. The fourth-order valence-corrected chi connectivity index (χ4v) is 3.24. The van der Waals surface area contributed by atoms with Gasteiger partial charge in [-0.05, 0) is 43.7 Å². The van der Waals surface area contributed by atoms with Crippen LogP contribution in [0.2, 0.25) is 0 Å². The third kappa shape index (κ3) is 5.68. The van der Waals surface area contributed by atoms with Crippen LogP contribution in [0.3, 0.4) is 0 Å². The molecule has 3 rings (SSSR count). The number of benzene rings is 2. The second-order valence-electron chi connectivity index (χ2n) is 6.37. The molecule has 29 heavy (non-hydrogen) atoms. The number of ether oxygens (including phenoxy) is 1. The standard InChI is InChI=1S/C21H21N3O4S/c1-13(25)16-5-4-6-17(12-16)22-20(26)14(2)29-21-24-23-19(28-21)11-15-7-9-18(27-3)10-8-15/h4-10,12,14H,11H2,1-3H3,(H,22,26)/t14-/m0/s1. The average molecular weight is 411 g/mol. The summed E-state index contributed by atoms with van der Waals surface area (Å²) in [7, 11) is 1.62. The third-order valence-corrected chi connectivity index (χ3v) is 5.08. The SMILES string of the molecule is COc1ccc(Cc2nnc(S[C@@H](C)C(=O)Nc3cccc(C(C)=O)c3)o2)cc1. The minimum atomic E-state index is -0.453. The van der Waals surface area contributed by atoms with Crippen LogP contribution in [0.4, 0.5) is 5.69 Å². The molecular weight excluding hydrogens is 390 g/mol. The number of ketones is 1. The molecule has 0 radical (unpaired) electrons. The van der Waals surface area contributed by atoms with E-state index >= 15 is 0 Å². The summed E-state index contributed by atoms with van der Waals surface area (Å²) in [4.78, 5) is 23.9. The Hall–Kier alpha value is -3.13. The maximum atomic E-state index is 12.4. The predicted molar refractivity (Wildman–Crippen MR) is 110 cm³/mol. The van der Waals surface area contributed by atoms with Gasteiger partial charge in [0.05, 0.1) is 18.8 Å². The summed E-state index contributed by atoms with van der Waals surface area (Å²) < 4.78 is 10.8. The molecule has 2 aromatic carbocycles. The number of thioether (sulfide) groups is 1. The first kappa shape index (κ1) is 20.6. The Kier molecular flexibility index (Phi) is 6.66. The lowest BCUT2D eigenvalue weighted by atomic mass is 10.1. The number of methoxy groups -OCH3 is 1. The minimum absolute atomic E-state index is 0.0567. The van der Waals surface area contributed by atoms with Gasteiger partial charge in [0.1, 0.15) is 5.75 Å². The van der Waals surface area contributed by atoms with E-state index in [-0.39, 0.29) is 11.7 Å². The summed E-state index contributed by atoms with van der Waals surface area (Å²) in [6.45, 7) is 3.24. The molecule has 0 unspecified atom stereocenters. The number of hydrogen-bond acceptors (Lipinski definition) is 7. The van der Waals surface area contributed by atoms with Crippen molar-refractivity contribution in [1.29, 1.82) is 0 Å². The molecule has 0 saturated heterocycles. The number of Topliss-reactive ketones (excluding diaryl/α,β-unsaturated/α-hetero) is 1. The van der Waals surface area contributed by atoms with Gasteiger partial charge in [0, 0.05) is 11.3 Å². The van der Waals surface area contributed by atoms with Crippen molar-refractivity contribution in [1.82, 2.24) is 10.2 Å². The molecule has 7 nitrogen and oxygen atoms in total. The molecule has 1 N–H and O–H groups in total. The molecule has 1 heterocycles. The van der Waals surface area contributed by atoms with Crippen LogP contribution in [-0.4, -0.2) is 34.2 Å². The second kappa shape index (κ2) is 9.38. The quantitative estimate of drug-likeness (QED) is 0.442. The van der Waals surface area contributed by atoms with Crippen LogP contribution in [0.25, 0.3) is 0 Å². The number of nitrogens with one attached hydrogen (secondary N) is 1. The molecule has 8 heteroatoms. The first-order chi connectivity index (χ1) is 13.9. The van der Waals surface area contributed by atoms with Crippen LogP contribution in [0.1, 0.15) is 35.7 Å². The lowest BCUT2D eigenvalue weighted by Gasteiger charge is -2.10. The van der Waals surface area contributed by atoms with Crippen LogP contribution in [-0.2, 0) is 11.2 Å². The van der Waals surface area contributed by atoms with E-state index in [4.69, 9.17) is 9.15 Å². The molecule has 150 valence electrons. The Bertz CT molecular complexity index is 1000. The van der Waals surface area contributed by atoms with Gasteiger partial charge in [0.15, 0.2) is 5.78 Å². The van der Waals surface area contributed by atoms with Crippen molar-refractivity contribution in [2.75, 3.05) is 12.4 Å². The highest BCUT2D eigenvalue weighted by atomic mass is 32.2. The molecule has 3 aromatic rings. The fourth-order valence-electron chi connectivity index (χ4n) is 2.54. The van der Waals surface area contributed by atoms with E-state index in [1.54, 1.807) is 38.3 Å². The Morgan fingerprint density at radius 1 is 1.17 bits per heavy atom. The van der Waals surface area contributed by atoms with E-state index in [0.717, 1.165) is 11.3 Å². The number of anilines is 1. The number of rotatable bonds is 8. The largest absolute Gasteiger partial charge is 0.497 e. The van der Waals surface area contributed by atoms with Crippen LogP contribution >= 0.6 is 11.8 Å². The van der Waals surface area contributed by atoms with Crippen molar-refractivity contribution in [2.45, 2.75) is 30.7 Å². The minimum Gasteiger partial charge on any atom is -0.497 e. The van der Waals surface area contributed by atoms with Gasteiger partial charge in [-0.2, -0.15) is 0 Å². The first-order valence-corrected chi connectivity index (χ1v) is 9.86. The number of carbonyl (C=O) groups is 2. The normalized spacial score (nSPS) is 11.7. The number of hydrogen-bond donors (Lipinski definition) is 1. The van der Waals surface area contributed by atoms with E-state index in [2.05, 4.69) is 15.5 Å². The van der Waals surface area contributed by atoms with Gasteiger partial charge < -0.3 is 14.5 Å². The Labute approximate surface area is 172 Å². The van der Waals surface area contributed by atoms with E-state index < -0.39 is 5.25 Å². The fraction of sp³-hybridized carbons (Fsp3) is 0.238. The van der Waals surface area contributed by atoms with Gasteiger partial charge >= 0.3 is 0 Å². The van der Waals surface area contributed by atoms with Crippen LogP contribution in [0.15, 0.2) is 58.2 Å². The molecule has 0 saturated carbocycles. The summed E-state index contributed by atoms with van der Waals surface area (Å²) in [5, 5.41) is 10.7. The molecule has 0 aliphatic rings. The zero-order valence-electron chi connectivity index (χ0n) is 16.3. The monoisotopic (exact) mass is 411 g/mol. The van der Waals surface area contributed by atoms with Crippen molar-refractivity contribution in [3.8, 4) is 5.75 Å². The molecule has 0 spiro atoms. The van der Waals surface area contributed by atoms with Crippen molar-refractivity contribution in [2.24, 2.45) is 0 Å². The van der Waals surface area contributed by atoms with E-state index in [9.17, 15) is 9.59 Å². The van der Waals surface area contributed by atoms with Crippen LogP contribution in [0, 0.1) is 0 Å². The van der Waals surface area contributed by atoms with Crippen molar-refractivity contribution >= 4 is 29.1 Å². The third-order valence-electron chi connectivity index (χ3n) is 4.15. The highest BCUT2D eigenvalue weighted by Gasteiger charge is 2.19. The molecule has 1 amide bonds. The van der Waals surface area contributed by atoms with Gasteiger partial charge in [0.25, 0.3) is 5.22 Å². The van der Waals surface area contributed by atoms with Gasteiger partial charge in [0.2, 0.25) is 11.8 Å². The highest BCUT2D eigenvalue weighted by molar-refractivity contribution is 8.00. The first-order valence-electron chi connectivity index (χ1n) is 8.98. The molecule has 0 fully saturated rings. The van der Waals surface area contributed by atoms with Crippen molar-refractivity contribution in [3.05, 3.63) is 65.5 Å². The summed E-state index contributed by atoms with van der Waals surface area (Å²) in [6, 6.07) is 14.4. The summed E-state index contributed by atoms with van der Waals surface area (Å²) in [5.74, 6) is 0.980. The van der Waals surface area contributed by atoms with Gasteiger partial charge in [-0.1, -0.05) is 36.0 Å². The molecule has 1 aromatic heterocycles. The van der Waals surface area contributed by atoms with Gasteiger partial charge in [-0.3, -0.25) is 9.59 Å². The van der Waals surface area contributed by atoms with E-state index in [0.29, 0.717) is 28.8 Å². The molecule has 0 bridgehead atoms. The van der Waals surface area contributed by atoms with Gasteiger partial charge in [-0.15, -0.1) is 10.2 Å². The Morgan fingerprint density at radius 2 is 1.93 bits per heavy atom. The van der Waals surface area contributed by atoms with E-state index in [1.165, 1.54) is 18.7 Å².